The normalized spacial score (nSPS) is 14.3. The van der Waals surface area contributed by atoms with Crippen LogP contribution in [0.5, 0.6) is 0 Å². The highest BCUT2D eigenvalue weighted by Crippen LogP contribution is 2.22. The number of methoxy groups -OCH3 is 1. The van der Waals surface area contributed by atoms with Crippen LogP contribution in [0.25, 0.3) is 0 Å². The number of ether oxygens (including phenoxy) is 2. The van der Waals surface area contributed by atoms with E-state index < -0.39 is 5.97 Å². The zero-order valence-electron chi connectivity index (χ0n) is 13.2. The van der Waals surface area contributed by atoms with E-state index in [1.54, 1.807) is 0 Å². The van der Waals surface area contributed by atoms with Gasteiger partial charge in [-0.3, -0.25) is 0 Å². The maximum Gasteiger partial charge on any atom is 0.342 e. The third-order valence-corrected chi connectivity index (χ3v) is 3.94. The molecule has 3 rings (SSSR count). The Morgan fingerprint density at radius 3 is 2.62 bits per heavy atom. The fourth-order valence-electron chi connectivity index (χ4n) is 2.37. The maximum atomic E-state index is 11.5. The summed E-state index contributed by atoms with van der Waals surface area (Å²) in [5.41, 5.74) is 2.10. The van der Waals surface area contributed by atoms with E-state index in [1.165, 1.54) is 13.3 Å². The minimum Gasteiger partial charge on any atom is -0.465 e. The zero-order chi connectivity index (χ0) is 16.9. The predicted molar refractivity (Wildman–Crippen MR) is 91.1 cm³/mol. The average Bonchev–Trinajstić information content (AvgIpc) is 2.63. The summed E-state index contributed by atoms with van der Waals surface area (Å²) in [4.78, 5) is 21.9. The second-order valence-electron chi connectivity index (χ2n) is 5.16. The number of esters is 1. The van der Waals surface area contributed by atoms with Crippen molar-refractivity contribution in [1.29, 1.82) is 0 Å². The van der Waals surface area contributed by atoms with E-state index in [-0.39, 0.29) is 10.7 Å². The smallest absolute Gasteiger partial charge is 0.342 e. The standard InChI is InChI=1S/C16H17ClN4O3/c1-23-15(22)13-10-18-16(20-14(13)17)19-11-2-4-12(5-3-11)21-6-8-24-9-7-21/h2-5,10H,6-9H2,1H3,(H,18,19,20). The second kappa shape index (κ2) is 7.46. The van der Waals surface area contributed by atoms with Crippen molar-refractivity contribution in [3.05, 3.63) is 41.2 Å². The third kappa shape index (κ3) is 3.74. The van der Waals surface area contributed by atoms with E-state index >= 15 is 0 Å². The molecule has 1 aliphatic heterocycles. The van der Waals surface area contributed by atoms with Gasteiger partial charge in [0, 0.05) is 30.7 Å². The molecule has 0 radical (unpaired) electrons. The van der Waals surface area contributed by atoms with Gasteiger partial charge in [0.1, 0.15) is 10.7 Å². The molecule has 0 saturated carbocycles. The van der Waals surface area contributed by atoms with Crippen molar-refractivity contribution in [1.82, 2.24) is 9.97 Å². The van der Waals surface area contributed by atoms with Gasteiger partial charge in [-0.1, -0.05) is 11.6 Å². The highest BCUT2D eigenvalue weighted by Gasteiger charge is 2.14. The van der Waals surface area contributed by atoms with Gasteiger partial charge < -0.3 is 19.7 Å². The lowest BCUT2D eigenvalue weighted by atomic mass is 10.2. The average molecular weight is 349 g/mol. The fraction of sp³-hybridized carbons (Fsp3) is 0.312. The minimum atomic E-state index is -0.568. The number of rotatable bonds is 4. The van der Waals surface area contributed by atoms with Crippen molar-refractivity contribution in [2.75, 3.05) is 43.6 Å². The monoisotopic (exact) mass is 348 g/mol. The molecule has 0 amide bonds. The number of morpholine rings is 1. The van der Waals surface area contributed by atoms with Crippen molar-refractivity contribution < 1.29 is 14.3 Å². The number of carbonyl (C=O) groups excluding carboxylic acids is 1. The van der Waals surface area contributed by atoms with E-state index in [4.69, 9.17) is 16.3 Å². The first-order valence-corrected chi connectivity index (χ1v) is 7.86. The van der Waals surface area contributed by atoms with Crippen LogP contribution in [0.1, 0.15) is 10.4 Å². The minimum absolute atomic E-state index is 0.0456. The Bertz CT molecular complexity index is 718. The number of halogens is 1. The summed E-state index contributed by atoms with van der Waals surface area (Å²) in [6.45, 7) is 3.28. The summed E-state index contributed by atoms with van der Waals surface area (Å²) >= 11 is 5.99. The third-order valence-electron chi connectivity index (χ3n) is 3.65. The molecule has 1 fully saturated rings. The molecule has 1 N–H and O–H groups in total. The molecule has 126 valence electrons. The van der Waals surface area contributed by atoms with Crippen LogP contribution >= 0.6 is 11.6 Å². The molecule has 0 aliphatic carbocycles. The zero-order valence-corrected chi connectivity index (χ0v) is 13.9. The number of hydrogen-bond donors (Lipinski definition) is 1. The van der Waals surface area contributed by atoms with Crippen molar-refractivity contribution in [2.45, 2.75) is 0 Å². The first-order chi connectivity index (χ1) is 11.7. The number of carbonyl (C=O) groups is 1. The summed E-state index contributed by atoms with van der Waals surface area (Å²) in [7, 11) is 1.28. The lowest BCUT2D eigenvalue weighted by molar-refractivity contribution is 0.0600. The van der Waals surface area contributed by atoms with Gasteiger partial charge in [-0.15, -0.1) is 0 Å². The van der Waals surface area contributed by atoms with Gasteiger partial charge in [-0.2, -0.15) is 4.98 Å². The summed E-state index contributed by atoms with van der Waals surface area (Å²) in [5.74, 6) is -0.256. The number of nitrogens with one attached hydrogen (secondary N) is 1. The first kappa shape index (κ1) is 16.5. The maximum absolute atomic E-state index is 11.5. The molecule has 7 nitrogen and oxygen atoms in total. The Morgan fingerprint density at radius 2 is 2.00 bits per heavy atom. The SMILES string of the molecule is COC(=O)c1cnc(Nc2ccc(N3CCOCC3)cc2)nc1Cl. The molecular weight excluding hydrogens is 332 g/mol. The molecule has 8 heteroatoms. The highest BCUT2D eigenvalue weighted by atomic mass is 35.5. The molecule has 0 atom stereocenters. The molecule has 24 heavy (non-hydrogen) atoms. The number of nitrogens with zero attached hydrogens (tertiary/aromatic N) is 3. The molecule has 1 aromatic carbocycles. The number of hydrogen-bond acceptors (Lipinski definition) is 7. The van der Waals surface area contributed by atoms with E-state index in [9.17, 15) is 4.79 Å². The number of benzene rings is 1. The molecule has 1 aromatic heterocycles. The van der Waals surface area contributed by atoms with Crippen LogP contribution in [0.2, 0.25) is 5.15 Å². The van der Waals surface area contributed by atoms with E-state index in [0.717, 1.165) is 37.7 Å². The van der Waals surface area contributed by atoms with Crippen LogP contribution in [-0.2, 0) is 9.47 Å². The Hall–Kier alpha value is -2.38. The van der Waals surface area contributed by atoms with Crippen LogP contribution in [0.4, 0.5) is 17.3 Å². The van der Waals surface area contributed by atoms with E-state index in [1.807, 2.05) is 24.3 Å². The van der Waals surface area contributed by atoms with Crippen LogP contribution in [0.15, 0.2) is 30.5 Å². The van der Waals surface area contributed by atoms with Crippen LogP contribution < -0.4 is 10.2 Å². The topological polar surface area (TPSA) is 76.6 Å². The summed E-state index contributed by atoms with van der Waals surface area (Å²) in [6.07, 6.45) is 1.34. The van der Waals surface area contributed by atoms with Crippen molar-refractivity contribution in [3.8, 4) is 0 Å². The Balaban J connectivity index is 1.69. The summed E-state index contributed by atoms with van der Waals surface area (Å²) in [6, 6.07) is 7.93. The van der Waals surface area contributed by atoms with E-state index in [2.05, 4.69) is 24.9 Å². The number of anilines is 3. The molecule has 0 bridgehead atoms. The Morgan fingerprint density at radius 1 is 1.29 bits per heavy atom. The molecule has 1 aliphatic rings. The molecule has 2 heterocycles. The Kier molecular flexibility index (Phi) is 5.12. The molecular formula is C16H17ClN4O3. The van der Waals surface area contributed by atoms with Gasteiger partial charge in [-0.25, -0.2) is 9.78 Å². The van der Waals surface area contributed by atoms with Gasteiger partial charge in [0.15, 0.2) is 0 Å². The van der Waals surface area contributed by atoms with Crippen molar-refractivity contribution >= 4 is 34.9 Å². The van der Waals surface area contributed by atoms with Crippen LogP contribution in [-0.4, -0.2) is 49.4 Å². The molecule has 1 saturated heterocycles. The molecule has 0 unspecified atom stereocenters. The van der Waals surface area contributed by atoms with E-state index in [0.29, 0.717) is 5.95 Å². The lowest BCUT2D eigenvalue weighted by Crippen LogP contribution is -2.36. The largest absolute Gasteiger partial charge is 0.465 e. The van der Waals surface area contributed by atoms with Gasteiger partial charge in [-0.05, 0) is 24.3 Å². The predicted octanol–water partition coefficient (Wildman–Crippen LogP) is 2.50. The summed E-state index contributed by atoms with van der Waals surface area (Å²) < 4.78 is 9.96. The van der Waals surface area contributed by atoms with Crippen LogP contribution in [0, 0.1) is 0 Å². The van der Waals surface area contributed by atoms with Gasteiger partial charge in [0.25, 0.3) is 0 Å². The van der Waals surface area contributed by atoms with Gasteiger partial charge >= 0.3 is 5.97 Å². The Labute approximate surface area is 144 Å². The molecule has 0 spiro atoms. The second-order valence-corrected chi connectivity index (χ2v) is 5.52. The van der Waals surface area contributed by atoms with Crippen LogP contribution in [0.3, 0.4) is 0 Å². The number of aromatic nitrogens is 2. The highest BCUT2D eigenvalue weighted by molar-refractivity contribution is 6.32. The first-order valence-electron chi connectivity index (χ1n) is 7.48. The lowest BCUT2D eigenvalue weighted by Gasteiger charge is -2.28. The molecule has 2 aromatic rings. The van der Waals surface area contributed by atoms with Crippen molar-refractivity contribution in [3.63, 3.8) is 0 Å². The van der Waals surface area contributed by atoms with Gasteiger partial charge in [0.2, 0.25) is 5.95 Å². The van der Waals surface area contributed by atoms with Gasteiger partial charge in [0.05, 0.1) is 20.3 Å². The van der Waals surface area contributed by atoms with Crippen molar-refractivity contribution in [2.24, 2.45) is 0 Å². The quantitative estimate of drug-likeness (QED) is 0.672. The summed E-state index contributed by atoms with van der Waals surface area (Å²) in [5, 5.41) is 3.10. The fourth-order valence-corrected chi connectivity index (χ4v) is 2.58.